The topological polar surface area (TPSA) is 146 Å². The average Bonchev–Trinajstić information content (AvgIpc) is 3.48. The van der Waals surface area contributed by atoms with Gasteiger partial charge in [-0.25, -0.2) is 0 Å². The molecule has 206 valence electrons. The summed E-state index contributed by atoms with van der Waals surface area (Å²) in [6.45, 7) is 7.16. The third kappa shape index (κ3) is 4.14. The molecule has 1 aromatic rings. The Balaban J connectivity index is 1.50. The van der Waals surface area contributed by atoms with Crippen LogP contribution in [0.2, 0.25) is 18.6 Å². The van der Waals surface area contributed by atoms with Crippen molar-refractivity contribution in [1.29, 1.82) is 0 Å². The molecule has 0 radical (unpaired) electrons. The first-order valence-corrected chi connectivity index (χ1v) is 16.2. The van der Waals surface area contributed by atoms with Gasteiger partial charge in [0.05, 0.1) is 31.6 Å². The van der Waals surface area contributed by atoms with E-state index < -0.39 is 43.7 Å². The van der Waals surface area contributed by atoms with Crippen LogP contribution in [0.3, 0.4) is 0 Å². The van der Waals surface area contributed by atoms with Gasteiger partial charge in [0.25, 0.3) is 5.91 Å². The van der Waals surface area contributed by atoms with E-state index >= 15 is 0 Å². The highest BCUT2D eigenvalue weighted by Gasteiger charge is 2.65. The van der Waals surface area contributed by atoms with Crippen molar-refractivity contribution in [3.05, 3.63) is 23.8 Å². The summed E-state index contributed by atoms with van der Waals surface area (Å²) < 4.78 is 11.8. The van der Waals surface area contributed by atoms with E-state index in [0.29, 0.717) is 23.5 Å². The van der Waals surface area contributed by atoms with Crippen LogP contribution in [0.4, 0.5) is 11.4 Å². The summed E-state index contributed by atoms with van der Waals surface area (Å²) in [4.78, 5) is 65.2. The molecule has 3 amide bonds. The standard InChI is InChI=1S/C26H35N3O8Si/c1-14-24(38(3,4)35)20(11-21(32)28-9-5-6-17(28)13-30)37-26(14)18-10-16(7-8-19(18)27-25(26)34)29-22(33)12-23(29)36-15(2)31/h7-8,10,14,17,20,23-24,30,35H,5-6,9,11-13H2,1-4H3,(H,27,34)/t14-,17+,20+,23?,24-,26+/m1/s1. The number of fused-ring (bicyclic) bond motifs is 2. The summed E-state index contributed by atoms with van der Waals surface area (Å²) in [5, 5.41) is 12.6. The Morgan fingerprint density at radius 2 is 2.03 bits per heavy atom. The van der Waals surface area contributed by atoms with Crippen molar-refractivity contribution in [3.8, 4) is 0 Å². The Morgan fingerprint density at radius 1 is 1.29 bits per heavy atom. The summed E-state index contributed by atoms with van der Waals surface area (Å²) in [7, 11) is -2.95. The molecule has 0 aromatic heterocycles. The molecule has 4 heterocycles. The number of esters is 1. The van der Waals surface area contributed by atoms with Gasteiger partial charge in [-0.2, -0.15) is 0 Å². The first-order valence-electron chi connectivity index (χ1n) is 13.1. The van der Waals surface area contributed by atoms with Crippen molar-refractivity contribution in [2.24, 2.45) is 5.92 Å². The van der Waals surface area contributed by atoms with Crippen molar-refractivity contribution in [1.82, 2.24) is 4.90 Å². The molecular weight excluding hydrogens is 510 g/mol. The SMILES string of the molecule is CC(=O)OC1CC(=O)N1c1ccc2c(c1)[C@]1(O[C@@H](CC(=O)N3CCC[C@H]3CO)[C@H]([Si](C)(C)O)[C@H]1C)C(=O)N2. The van der Waals surface area contributed by atoms with Crippen molar-refractivity contribution in [2.75, 3.05) is 23.4 Å². The Labute approximate surface area is 222 Å². The lowest BCUT2D eigenvalue weighted by atomic mass is 9.82. The lowest BCUT2D eigenvalue weighted by molar-refractivity contribution is -0.154. The second-order valence-electron chi connectivity index (χ2n) is 11.3. The van der Waals surface area contributed by atoms with Crippen molar-refractivity contribution < 1.29 is 38.6 Å². The number of aliphatic hydroxyl groups excluding tert-OH is 1. The van der Waals surface area contributed by atoms with E-state index in [2.05, 4.69) is 5.32 Å². The maximum Gasteiger partial charge on any atom is 0.304 e. The zero-order valence-electron chi connectivity index (χ0n) is 22.1. The Bertz CT molecular complexity index is 1190. The number of amides is 3. The zero-order valence-corrected chi connectivity index (χ0v) is 23.1. The van der Waals surface area contributed by atoms with Gasteiger partial charge in [0.1, 0.15) is 0 Å². The molecule has 0 aliphatic carbocycles. The summed E-state index contributed by atoms with van der Waals surface area (Å²) in [6.07, 6.45) is 0.195. The quantitative estimate of drug-likeness (QED) is 0.277. The van der Waals surface area contributed by atoms with Crippen molar-refractivity contribution in [2.45, 2.75) is 82.1 Å². The monoisotopic (exact) mass is 545 g/mol. The molecule has 0 saturated carbocycles. The highest BCUT2D eigenvalue weighted by Crippen LogP contribution is 2.58. The molecule has 38 heavy (non-hydrogen) atoms. The summed E-state index contributed by atoms with van der Waals surface area (Å²) in [5.41, 5.74) is -0.356. The fourth-order valence-electron chi connectivity index (χ4n) is 6.86. The summed E-state index contributed by atoms with van der Waals surface area (Å²) >= 11 is 0. The van der Waals surface area contributed by atoms with E-state index in [-0.39, 0.29) is 43.2 Å². The van der Waals surface area contributed by atoms with Gasteiger partial charge in [0, 0.05) is 41.9 Å². The molecule has 3 saturated heterocycles. The van der Waals surface area contributed by atoms with Crippen LogP contribution in [-0.2, 0) is 34.3 Å². The van der Waals surface area contributed by atoms with Gasteiger partial charge in [0.2, 0.25) is 11.8 Å². The van der Waals surface area contributed by atoms with Gasteiger partial charge in [-0.3, -0.25) is 24.1 Å². The fraction of sp³-hybridized carbons (Fsp3) is 0.615. The largest absolute Gasteiger partial charge is 0.441 e. The van der Waals surface area contributed by atoms with E-state index in [1.807, 2.05) is 6.92 Å². The van der Waals surface area contributed by atoms with Gasteiger partial charge < -0.3 is 29.6 Å². The number of carbonyl (C=O) groups is 4. The number of nitrogens with one attached hydrogen (secondary N) is 1. The van der Waals surface area contributed by atoms with Crippen molar-refractivity contribution >= 4 is 43.4 Å². The summed E-state index contributed by atoms with van der Waals surface area (Å²) in [5.74, 6) is -1.72. The van der Waals surface area contributed by atoms with E-state index in [1.54, 1.807) is 36.2 Å². The minimum Gasteiger partial charge on any atom is -0.441 e. The number of anilines is 2. The van der Waals surface area contributed by atoms with E-state index in [4.69, 9.17) is 9.47 Å². The highest BCUT2D eigenvalue weighted by molar-refractivity contribution is 6.71. The van der Waals surface area contributed by atoms with Crippen LogP contribution in [0.5, 0.6) is 0 Å². The number of hydrogen-bond donors (Lipinski definition) is 3. The van der Waals surface area contributed by atoms with E-state index in [9.17, 15) is 29.1 Å². The Morgan fingerprint density at radius 3 is 2.66 bits per heavy atom. The van der Waals surface area contributed by atoms with Crippen LogP contribution in [0, 0.1) is 5.92 Å². The van der Waals surface area contributed by atoms with Crippen LogP contribution in [0.1, 0.15) is 45.1 Å². The molecule has 1 unspecified atom stereocenters. The second-order valence-corrected chi connectivity index (χ2v) is 15.3. The minimum absolute atomic E-state index is 0.00825. The normalized spacial score (nSPS) is 32.4. The number of hydrogen-bond acceptors (Lipinski definition) is 8. The lowest BCUT2D eigenvalue weighted by Crippen LogP contribution is -2.55. The molecule has 11 nitrogen and oxygen atoms in total. The first kappa shape index (κ1) is 26.8. The molecule has 0 bridgehead atoms. The average molecular weight is 546 g/mol. The van der Waals surface area contributed by atoms with E-state index in [0.717, 1.165) is 12.8 Å². The summed E-state index contributed by atoms with van der Waals surface area (Å²) in [6, 6.07) is 4.84. The van der Waals surface area contributed by atoms with Crippen LogP contribution >= 0.6 is 0 Å². The second kappa shape index (κ2) is 9.44. The number of aliphatic hydroxyl groups is 1. The highest BCUT2D eigenvalue weighted by atomic mass is 28.4. The lowest BCUT2D eigenvalue weighted by Gasteiger charge is -2.39. The maximum absolute atomic E-state index is 13.6. The predicted octanol–water partition coefficient (Wildman–Crippen LogP) is 1.44. The van der Waals surface area contributed by atoms with Gasteiger partial charge in [-0.05, 0) is 44.1 Å². The number of β-lactam (4-membered cyclic amide) rings is 1. The zero-order chi connectivity index (χ0) is 27.6. The maximum atomic E-state index is 13.6. The molecule has 12 heteroatoms. The van der Waals surface area contributed by atoms with Crippen LogP contribution in [0.25, 0.3) is 0 Å². The molecule has 3 fully saturated rings. The number of ether oxygens (including phenoxy) is 2. The number of rotatable bonds is 6. The molecule has 4 aliphatic heterocycles. The van der Waals surface area contributed by atoms with Gasteiger partial charge in [-0.1, -0.05) is 6.92 Å². The smallest absolute Gasteiger partial charge is 0.304 e. The first-order chi connectivity index (χ1) is 17.9. The number of nitrogens with zero attached hydrogens (tertiary/aromatic N) is 2. The van der Waals surface area contributed by atoms with Crippen molar-refractivity contribution in [3.63, 3.8) is 0 Å². The minimum atomic E-state index is -2.95. The van der Waals surface area contributed by atoms with Gasteiger partial charge in [0.15, 0.2) is 20.1 Å². The van der Waals surface area contributed by atoms with Gasteiger partial charge >= 0.3 is 5.97 Å². The van der Waals surface area contributed by atoms with Gasteiger partial charge in [-0.15, -0.1) is 0 Å². The molecule has 1 spiro atoms. The van der Waals surface area contributed by atoms with Crippen LogP contribution in [-0.4, -0.2) is 78.3 Å². The number of likely N-dealkylation sites (tertiary alicyclic amines) is 1. The molecule has 4 aliphatic rings. The van der Waals surface area contributed by atoms with Crippen LogP contribution in [0.15, 0.2) is 18.2 Å². The molecular formula is C26H35N3O8Si. The predicted molar refractivity (Wildman–Crippen MR) is 138 cm³/mol. The third-order valence-electron chi connectivity index (χ3n) is 8.49. The number of carbonyl (C=O) groups excluding carboxylic acids is 4. The molecule has 6 atom stereocenters. The fourth-order valence-corrected chi connectivity index (χ4v) is 9.42. The Kier molecular flexibility index (Phi) is 6.65. The third-order valence-corrected chi connectivity index (χ3v) is 11.0. The molecule has 3 N–H and O–H groups in total. The molecule has 5 rings (SSSR count). The molecule has 1 aromatic carbocycles. The van der Waals surface area contributed by atoms with Crippen LogP contribution < -0.4 is 10.2 Å². The number of benzene rings is 1. The van der Waals surface area contributed by atoms with E-state index in [1.165, 1.54) is 11.8 Å². The Hall–Kier alpha value is -2.80.